The SMILES string of the molecule is Cl.NN(C(=O)c1ccc(-c2ccccc2)cc1)c1ccccc1. The summed E-state index contributed by atoms with van der Waals surface area (Å²) in [4.78, 5) is 12.4. The Kier molecular flexibility index (Phi) is 5.52. The number of carbonyl (C=O) groups excluding carboxylic acids is 1. The molecule has 3 aromatic rings. The minimum absolute atomic E-state index is 0. The number of para-hydroxylation sites is 1. The van der Waals surface area contributed by atoms with E-state index < -0.39 is 0 Å². The Labute approximate surface area is 141 Å². The molecular weight excluding hydrogens is 308 g/mol. The third-order valence-corrected chi connectivity index (χ3v) is 3.49. The molecule has 0 bridgehead atoms. The van der Waals surface area contributed by atoms with Crippen molar-refractivity contribution in [2.45, 2.75) is 0 Å². The molecule has 0 radical (unpaired) electrons. The summed E-state index contributed by atoms with van der Waals surface area (Å²) in [7, 11) is 0. The van der Waals surface area contributed by atoms with E-state index in [4.69, 9.17) is 5.84 Å². The fourth-order valence-corrected chi connectivity index (χ4v) is 2.28. The van der Waals surface area contributed by atoms with Gasteiger partial charge in [0.15, 0.2) is 0 Å². The van der Waals surface area contributed by atoms with Gasteiger partial charge in [-0.25, -0.2) is 10.9 Å². The number of nitrogens with two attached hydrogens (primary N) is 1. The van der Waals surface area contributed by atoms with E-state index in [1.165, 1.54) is 0 Å². The fraction of sp³-hybridized carbons (Fsp3) is 0. The summed E-state index contributed by atoms with van der Waals surface area (Å²) in [6.07, 6.45) is 0. The van der Waals surface area contributed by atoms with E-state index in [1.54, 1.807) is 24.3 Å². The predicted octanol–water partition coefficient (Wildman–Crippen LogP) is 4.30. The lowest BCUT2D eigenvalue weighted by molar-refractivity contribution is 0.0987. The summed E-state index contributed by atoms with van der Waals surface area (Å²) in [5.74, 6) is 5.67. The molecule has 0 saturated heterocycles. The number of amides is 1. The molecule has 0 aliphatic carbocycles. The summed E-state index contributed by atoms with van der Waals surface area (Å²) in [6.45, 7) is 0. The van der Waals surface area contributed by atoms with Gasteiger partial charge in [-0.1, -0.05) is 60.7 Å². The van der Waals surface area contributed by atoms with Crippen molar-refractivity contribution in [2.24, 2.45) is 5.84 Å². The summed E-state index contributed by atoms with van der Waals surface area (Å²) in [5.41, 5.74) is 3.42. The Morgan fingerprint density at radius 1 is 0.696 bits per heavy atom. The van der Waals surface area contributed by atoms with Crippen LogP contribution in [-0.4, -0.2) is 5.91 Å². The third-order valence-electron chi connectivity index (χ3n) is 3.49. The smallest absolute Gasteiger partial charge is 0.267 e. The fourth-order valence-electron chi connectivity index (χ4n) is 2.28. The highest BCUT2D eigenvalue weighted by Crippen LogP contribution is 2.20. The number of anilines is 1. The highest BCUT2D eigenvalue weighted by Gasteiger charge is 2.13. The molecule has 0 aromatic heterocycles. The van der Waals surface area contributed by atoms with E-state index in [0.717, 1.165) is 16.1 Å². The first-order chi connectivity index (χ1) is 10.8. The number of halogens is 1. The van der Waals surface area contributed by atoms with Gasteiger partial charge in [0.2, 0.25) is 0 Å². The van der Waals surface area contributed by atoms with Crippen molar-refractivity contribution in [2.75, 3.05) is 5.01 Å². The zero-order valence-electron chi connectivity index (χ0n) is 12.4. The van der Waals surface area contributed by atoms with Crippen molar-refractivity contribution in [1.29, 1.82) is 0 Å². The highest BCUT2D eigenvalue weighted by molar-refractivity contribution is 6.05. The monoisotopic (exact) mass is 324 g/mol. The Morgan fingerprint density at radius 2 is 1.17 bits per heavy atom. The Morgan fingerprint density at radius 3 is 1.74 bits per heavy atom. The number of hydrogen-bond acceptors (Lipinski definition) is 2. The van der Waals surface area contributed by atoms with Gasteiger partial charge in [-0.15, -0.1) is 12.4 Å². The molecule has 0 aliphatic rings. The van der Waals surface area contributed by atoms with Crippen molar-refractivity contribution < 1.29 is 4.79 Å². The second kappa shape index (κ2) is 7.58. The second-order valence-electron chi connectivity index (χ2n) is 4.95. The molecule has 0 unspecified atom stereocenters. The molecular formula is C19H17ClN2O. The van der Waals surface area contributed by atoms with E-state index >= 15 is 0 Å². The van der Waals surface area contributed by atoms with Crippen LogP contribution < -0.4 is 10.9 Å². The lowest BCUT2D eigenvalue weighted by atomic mass is 10.0. The van der Waals surface area contributed by atoms with E-state index in [0.29, 0.717) is 11.3 Å². The first kappa shape index (κ1) is 16.7. The molecule has 3 aromatic carbocycles. The molecule has 0 fully saturated rings. The first-order valence-corrected chi connectivity index (χ1v) is 7.05. The molecule has 2 N–H and O–H groups in total. The summed E-state index contributed by atoms with van der Waals surface area (Å²) in [5, 5.41) is 1.16. The summed E-state index contributed by atoms with van der Waals surface area (Å²) in [6, 6.07) is 26.7. The molecule has 0 atom stereocenters. The van der Waals surface area contributed by atoms with Crippen LogP contribution in [0.2, 0.25) is 0 Å². The van der Waals surface area contributed by atoms with Crippen LogP contribution in [0.5, 0.6) is 0 Å². The number of hydrazine groups is 1. The summed E-state index contributed by atoms with van der Waals surface area (Å²) < 4.78 is 0. The Balaban J connectivity index is 0.00000192. The molecule has 3 nitrogen and oxygen atoms in total. The van der Waals surface area contributed by atoms with Crippen LogP contribution in [0.3, 0.4) is 0 Å². The van der Waals surface area contributed by atoms with Gasteiger partial charge >= 0.3 is 0 Å². The van der Waals surface area contributed by atoms with Crippen molar-refractivity contribution in [3.05, 3.63) is 90.5 Å². The van der Waals surface area contributed by atoms with E-state index in [1.807, 2.05) is 60.7 Å². The van der Waals surface area contributed by atoms with Gasteiger partial charge in [-0.05, 0) is 35.4 Å². The van der Waals surface area contributed by atoms with Crippen LogP contribution in [0.4, 0.5) is 5.69 Å². The molecule has 23 heavy (non-hydrogen) atoms. The molecule has 0 spiro atoms. The quantitative estimate of drug-likeness (QED) is 0.443. The molecule has 3 rings (SSSR count). The van der Waals surface area contributed by atoms with Crippen LogP contribution >= 0.6 is 12.4 Å². The average Bonchev–Trinajstić information content (AvgIpc) is 2.62. The number of nitrogens with zero attached hydrogens (tertiary/aromatic N) is 1. The van der Waals surface area contributed by atoms with Crippen molar-refractivity contribution in [1.82, 2.24) is 0 Å². The maximum atomic E-state index is 12.4. The van der Waals surface area contributed by atoms with Gasteiger partial charge in [0, 0.05) is 5.56 Å². The van der Waals surface area contributed by atoms with Gasteiger partial charge in [0.1, 0.15) is 0 Å². The summed E-state index contributed by atoms with van der Waals surface area (Å²) >= 11 is 0. The average molecular weight is 325 g/mol. The van der Waals surface area contributed by atoms with Crippen LogP contribution in [0.1, 0.15) is 10.4 Å². The normalized spacial score (nSPS) is 9.78. The van der Waals surface area contributed by atoms with Crippen molar-refractivity contribution >= 4 is 24.0 Å². The first-order valence-electron chi connectivity index (χ1n) is 7.05. The topological polar surface area (TPSA) is 46.3 Å². The number of rotatable bonds is 3. The minimum atomic E-state index is -0.231. The zero-order valence-corrected chi connectivity index (χ0v) is 13.2. The standard InChI is InChI=1S/C19H16N2O.ClH/c20-21(18-9-5-2-6-10-18)19(22)17-13-11-16(12-14-17)15-7-3-1-4-8-15;/h1-14H,20H2;1H. The number of benzene rings is 3. The zero-order chi connectivity index (χ0) is 15.4. The minimum Gasteiger partial charge on any atom is -0.267 e. The molecule has 1 amide bonds. The van der Waals surface area contributed by atoms with E-state index in [2.05, 4.69) is 0 Å². The predicted molar refractivity (Wildman–Crippen MR) is 96.6 cm³/mol. The van der Waals surface area contributed by atoms with Gasteiger partial charge in [0.05, 0.1) is 5.69 Å². The van der Waals surface area contributed by atoms with E-state index in [9.17, 15) is 4.79 Å². The van der Waals surface area contributed by atoms with Crippen LogP contribution in [-0.2, 0) is 0 Å². The van der Waals surface area contributed by atoms with Gasteiger partial charge in [-0.2, -0.15) is 0 Å². The molecule has 0 aliphatic heterocycles. The van der Waals surface area contributed by atoms with Crippen molar-refractivity contribution in [3.8, 4) is 11.1 Å². The largest absolute Gasteiger partial charge is 0.272 e. The van der Waals surface area contributed by atoms with Gasteiger partial charge in [-0.3, -0.25) is 4.79 Å². The number of carbonyl (C=O) groups is 1. The third kappa shape index (κ3) is 3.77. The molecule has 0 saturated carbocycles. The maximum Gasteiger partial charge on any atom is 0.272 e. The van der Waals surface area contributed by atoms with Crippen molar-refractivity contribution in [3.63, 3.8) is 0 Å². The Bertz CT molecular complexity index is 758. The highest BCUT2D eigenvalue weighted by atomic mass is 35.5. The Hall–Kier alpha value is -2.62. The van der Waals surface area contributed by atoms with Crippen LogP contribution in [0.25, 0.3) is 11.1 Å². The van der Waals surface area contributed by atoms with Gasteiger partial charge < -0.3 is 0 Å². The van der Waals surface area contributed by atoms with Gasteiger partial charge in [0.25, 0.3) is 5.91 Å². The lowest BCUT2D eigenvalue weighted by Gasteiger charge is -2.16. The van der Waals surface area contributed by atoms with Crippen LogP contribution in [0.15, 0.2) is 84.9 Å². The van der Waals surface area contributed by atoms with E-state index in [-0.39, 0.29) is 18.3 Å². The molecule has 116 valence electrons. The molecule has 4 heteroatoms. The maximum absolute atomic E-state index is 12.4. The van der Waals surface area contributed by atoms with Crippen LogP contribution in [0, 0.1) is 0 Å². The number of hydrogen-bond donors (Lipinski definition) is 1. The molecule has 0 heterocycles. The second-order valence-corrected chi connectivity index (χ2v) is 4.95. The lowest BCUT2D eigenvalue weighted by Crippen LogP contribution is -2.37.